The number of hydrogen-bond donors (Lipinski definition) is 1. The highest BCUT2D eigenvalue weighted by atomic mass is 16.5. The number of hydrogen-bond acceptors (Lipinski definition) is 3. The number of nitrogens with zero attached hydrogens (tertiary/aromatic N) is 2. The molecule has 2 aromatic rings. The second-order valence-electron chi connectivity index (χ2n) is 5.89. The predicted octanol–water partition coefficient (Wildman–Crippen LogP) is 2.38. The van der Waals surface area contributed by atoms with Gasteiger partial charge in [-0.2, -0.15) is 5.10 Å². The van der Waals surface area contributed by atoms with E-state index in [2.05, 4.69) is 35.1 Å². The van der Waals surface area contributed by atoms with Gasteiger partial charge in [-0.3, -0.25) is 4.68 Å². The minimum Gasteiger partial charge on any atom is -0.380 e. The van der Waals surface area contributed by atoms with Crippen molar-refractivity contribution in [2.75, 3.05) is 26.3 Å². The Labute approximate surface area is 120 Å². The van der Waals surface area contributed by atoms with Crippen molar-refractivity contribution in [2.24, 2.45) is 0 Å². The lowest BCUT2D eigenvalue weighted by Crippen LogP contribution is -2.30. The summed E-state index contributed by atoms with van der Waals surface area (Å²) in [5, 5.41) is 9.40. The smallest absolute Gasteiger partial charge is 0.0780 e. The fourth-order valence-electron chi connectivity index (χ4n) is 3.19. The van der Waals surface area contributed by atoms with Gasteiger partial charge in [-0.1, -0.05) is 11.6 Å². The molecule has 0 radical (unpaired) electrons. The van der Waals surface area contributed by atoms with E-state index < -0.39 is 5.89 Å². The van der Waals surface area contributed by atoms with Crippen LogP contribution in [0.15, 0.2) is 18.2 Å². The molecule has 2 fully saturated rings. The van der Waals surface area contributed by atoms with Gasteiger partial charge in [0.2, 0.25) is 0 Å². The maximum Gasteiger partial charge on any atom is 0.0780 e. The van der Waals surface area contributed by atoms with Crippen LogP contribution in [0.4, 0.5) is 0 Å². The van der Waals surface area contributed by atoms with E-state index in [-0.39, 0.29) is 0 Å². The van der Waals surface area contributed by atoms with Crippen molar-refractivity contribution in [3.8, 4) is 0 Å². The van der Waals surface area contributed by atoms with Crippen LogP contribution >= 0.6 is 0 Å². The summed E-state index contributed by atoms with van der Waals surface area (Å²) in [7, 11) is 0. The molecule has 4 nitrogen and oxygen atoms in total. The quantitative estimate of drug-likeness (QED) is 0.912. The van der Waals surface area contributed by atoms with Crippen LogP contribution in [0.5, 0.6) is 0 Å². The van der Waals surface area contributed by atoms with Gasteiger partial charge >= 0.3 is 0 Å². The Kier molecular flexibility index (Phi) is 2.74. The summed E-state index contributed by atoms with van der Waals surface area (Å²) in [4.78, 5) is 0. The van der Waals surface area contributed by atoms with Crippen LogP contribution in [0.2, 0.25) is 0 Å². The molecular weight excluding hydrogens is 250 g/mol. The Morgan fingerprint density at radius 3 is 2.85 bits per heavy atom. The van der Waals surface area contributed by atoms with Crippen molar-refractivity contribution < 1.29 is 6.11 Å². The molecule has 3 heterocycles. The molecule has 0 atom stereocenters. The van der Waals surface area contributed by atoms with Gasteiger partial charge in [-0.05, 0) is 45.0 Å². The lowest BCUT2D eigenvalue weighted by Gasteiger charge is -2.25. The molecule has 1 N–H and O–H groups in total. The van der Waals surface area contributed by atoms with E-state index in [0.717, 1.165) is 37.0 Å². The molecule has 106 valence electrons. The van der Waals surface area contributed by atoms with Gasteiger partial charge in [0.1, 0.15) is 0 Å². The van der Waals surface area contributed by atoms with Crippen LogP contribution in [0.25, 0.3) is 10.9 Å². The second-order valence-corrected chi connectivity index (χ2v) is 5.89. The number of aromatic nitrogens is 2. The number of ether oxygens (including phenoxy) is 1. The lowest BCUT2D eigenvalue weighted by atomic mass is 9.99. The van der Waals surface area contributed by atoms with Crippen LogP contribution < -0.4 is 5.32 Å². The molecule has 1 aromatic carbocycles. The second kappa shape index (κ2) is 4.86. The van der Waals surface area contributed by atoms with Crippen molar-refractivity contribution in [3.05, 3.63) is 29.5 Å². The van der Waals surface area contributed by atoms with Crippen LogP contribution in [0.3, 0.4) is 0 Å². The molecule has 0 unspecified atom stereocenters. The molecule has 2 aliphatic rings. The third kappa shape index (κ3) is 1.95. The lowest BCUT2D eigenvalue weighted by molar-refractivity contribution is 0.00689. The topological polar surface area (TPSA) is 39.1 Å². The highest BCUT2D eigenvalue weighted by molar-refractivity contribution is 5.83. The normalized spacial score (nSPS) is 23.6. The Balaban J connectivity index is 1.87. The molecule has 20 heavy (non-hydrogen) atoms. The van der Waals surface area contributed by atoms with E-state index in [4.69, 9.17) is 11.2 Å². The van der Waals surface area contributed by atoms with Gasteiger partial charge in [-0.15, -0.1) is 0 Å². The van der Waals surface area contributed by atoms with Crippen molar-refractivity contribution in [2.45, 2.75) is 31.7 Å². The standard InChI is InChI=1S/C16H21N3O/c1-11-2-3-15-14(8-11)16(12-9-20-10-12)18-19(15)13-4-6-17-7-5-13/h2-3,8,12-13,17H,4-7,9-10H2,1H3/i12D. The van der Waals surface area contributed by atoms with E-state index in [1.54, 1.807) is 0 Å². The fraction of sp³-hybridized carbons (Fsp3) is 0.562. The van der Waals surface area contributed by atoms with E-state index >= 15 is 0 Å². The highest BCUT2D eigenvalue weighted by Crippen LogP contribution is 2.33. The molecule has 4 heteroatoms. The van der Waals surface area contributed by atoms with E-state index in [9.17, 15) is 0 Å². The van der Waals surface area contributed by atoms with E-state index in [0.29, 0.717) is 19.3 Å². The molecule has 0 spiro atoms. The molecule has 0 saturated carbocycles. The van der Waals surface area contributed by atoms with Crippen LogP contribution in [-0.4, -0.2) is 36.1 Å². The molecule has 2 aliphatic heterocycles. The zero-order valence-corrected chi connectivity index (χ0v) is 11.9. The SMILES string of the molecule is [2H]C1(c2nn(C3CCNCC3)c3ccc(C)cc23)COC1. The molecule has 1 aromatic heterocycles. The molecule has 0 bridgehead atoms. The Hall–Kier alpha value is -1.39. The van der Waals surface area contributed by atoms with Gasteiger partial charge in [0.15, 0.2) is 0 Å². The van der Waals surface area contributed by atoms with Crippen LogP contribution in [0, 0.1) is 6.92 Å². The first-order valence-corrected chi connectivity index (χ1v) is 7.45. The summed E-state index contributed by atoms with van der Waals surface area (Å²) in [5.74, 6) is -0.662. The summed E-state index contributed by atoms with van der Waals surface area (Å²) < 4.78 is 16.0. The molecule has 2 saturated heterocycles. The van der Waals surface area contributed by atoms with Gasteiger partial charge in [0.25, 0.3) is 0 Å². The van der Waals surface area contributed by atoms with Crippen molar-refractivity contribution >= 4 is 10.9 Å². The minimum absolute atomic E-state index is 0.440. The number of rotatable bonds is 2. The molecular formula is C16H21N3O. The summed E-state index contributed by atoms with van der Waals surface area (Å²) in [5.41, 5.74) is 3.28. The van der Waals surface area contributed by atoms with Crippen LogP contribution in [-0.2, 0) is 4.74 Å². The third-order valence-electron chi connectivity index (χ3n) is 4.40. The zero-order chi connectivity index (χ0) is 14.4. The Morgan fingerprint density at radius 2 is 2.15 bits per heavy atom. The van der Waals surface area contributed by atoms with Gasteiger partial charge < -0.3 is 10.1 Å². The largest absolute Gasteiger partial charge is 0.380 e. The average Bonchev–Trinajstić information content (AvgIpc) is 2.84. The monoisotopic (exact) mass is 272 g/mol. The zero-order valence-electron chi connectivity index (χ0n) is 12.9. The third-order valence-corrected chi connectivity index (χ3v) is 4.40. The van der Waals surface area contributed by atoms with Crippen LogP contribution in [0.1, 0.15) is 37.4 Å². The number of nitrogens with one attached hydrogen (secondary N) is 1. The first-order valence-electron chi connectivity index (χ1n) is 7.95. The van der Waals surface area contributed by atoms with Gasteiger partial charge in [0, 0.05) is 6.76 Å². The Morgan fingerprint density at radius 1 is 1.35 bits per heavy atom. The van der Waals surface area contributed by atoms with E-state index in [1.807, 2.05) is 0 Å². The summed E-state index contributed by atoms with van der Waals surface area (Å²) in [6.07, 6.45) is 2.21. The number of fused-ring (bicyclic) bond motifs is 1. The summed E-state index contributed by atoms with van der Waals surface area (Å²) >= 11 is 0. The van der Waals surface area contributed by atoms with Gasteiger partial charge in [-0.25, -0.2) is 0 Å². The molecule has 4 rings (SSSR count). The summed E-state index contributed by atoms with van der Waals surface area (Å²) in [6.45, 7) is 5.10. The molecule has 0 aliphatic carbocycles. The summed E-state index contributed by atoms with van der Waals surface area (Å²) in [6, 6.07) is 6.91. The first-order chi connectivity index (χ1) is 10.2. The Bertz CT molecular complexity index is 671. The van der Waals surface area contributed by atoms with Crippen molar-refractivity contribution in [1.82, 2.24) is 15.1 Å². The maximum absolute atomic E-state index is 8.57. The number of aryl methyl sites for hydroxylation is 1. The highest BCUT2D eigenvalue weighted by Gasteiger charge is 2.28. The van der Waals surface area contributed by atoms with Gasteiger partial charge in [0.05, 0.1) is 36.4 Å². The first kappa shape index (κ1) is 11.3. The number of piperidine rings is 1. The van der Waals surface area contributed by atoms with E-state index in [1.165, 1.54) is 11.1 Å². The van der Waals surface area contributed by atoms with Crippen molar-refractivity contribution in [1.29, 1.82) is 0 Å². The minimum atomic E-state index is -0.662. The predicted molar refractivity (Wildman–Crippen MR) is 79.2 cm³/mol. The molecule has 0 amide bonds. The van der Waals surface area contributed by atoms with Crippen molar-refractivity contribution in [3.63, 3.8) is 0 Å². The number of benzene rings is 1. The maximum atomic E-state index is 8.57. The average molecular weight is 272 g/mol. The fourth-order valence-corrected chi connectivity index (χ4v) is 3.19.